The van der Waals surface area contributed by atoms with Crippen molar-refractivity contribution in [2.24, 2.45) is 0 Å². The lowest BCUT2D eigenvalue weighted by Gasteiger charge is -2.10. The molecular formula is C13H11ClF2N2. The molecule has 2 rings (SSSR count). The van der Waals surface area contributed by atoms with Crippen LogP contribution in [-0.4, -0.2) is 0 Å². The molecule has 0 saturated heterocycles. The Hall–Kier alpha value is -1.65. The van der Waals surface area contributed by atoms with Crippen molar-refractivity contribution in [1.29, 1.82) is 0 Å². The van der Waals surface area contributed by atoms with Crippen LogP contribution in [0.4, 0.5) is 14.5 Å². The quantitative estimate of drug-likeness (QED) is 0.652. The number of benzene rings is 2. The number of hydrogen-bond acceptors (Lipinski definition) is 2. The maximum absolute atomic E-state index is 13.2. The first kappa shape index (κ1) is 12.8. The van der Waals surface area contributed by atoms with Crippen LogP contribution in [0.2, 0.25) is 5.02 Å². The predicted molar refractivity (Wildman–Crippen MR) is 68.3 cm³/mol. The molecule has 0 saturated carbocycles. The molecule has 2 nitrogen and oxygen atoms in total. The minimum atomic E-state index is -0.756. The van der Waals surface area contributed by atoms with Gasteiger partial charge in [0.1, 0.15) is 11.6 Å². The highest BCUT2D eigenvalue weighted by Gasteiger charge is 2.08. The maximum atomic E-state index is 13.2. The van der Waals surface area contributed by atoms with E-state index in [0.717, 1.165) is 11.8 Å². The van der Waals surface area contributed by atoms with Gasteiger partial charge in [-0.15, -0.1) is 0 Å². The van der Waals surface area contributed by atoms with Gasteiger partial charge in [-0.05, 0) is 23.8 Å². The monoisotopic (exact) mass is 268 g/mol. The van der Waals surface area contributed by atoms with Crippen LogP contribution >= 0.6 is 11.6 Å². The van der Waals surface area contributed by atoms with Crippen LogP contribution in [0.15, 0.2) is 42.5 Å². The van der Waals surface area contributed by atoms with E-state index in [4.69, 9.17) is 11.6 Å². The number of hydrazine groups is 1. The summed E-state index contributed by atoms with van der Waals surface area (Å²) < 4.78 is 26.2. The predicted octanol–water partition coefficient (Wildman–Crippen LogP) is 3.73. The van der Waals surface area contributed by atoms with Gasteiger partial charge in [0.15, 0.2) is 0 Å². The van der Waals surface area contributed by atoms with E-state index >= 15 is 0 Å². The third kappa shape index (κ3) is 3.18. The van der Waals surface area contributed by atoms with Gasteiger partial charge in [0.2, 0.25) is 0 Å². The summed E-state index contributed by atoms with van der Waals surface area (Å²) in [6.07, 6.45) is 0. The summed E-state index contributed by atoms with van der Waals surface area (Å²) in [7, 11) is 0. The molecule has 0 atom stereocenters. The highest BCUT2D eigenvalue weighted by molar-refractivity contribution is 6.31. The smallest absolute Gasteiger partial charge is 0.145 e. The second kappa shape index (κ2) is 5.80. The molecule has 18 heavy (non-hydrogen) atoms. The number of halogens is 3. The lowest BCUT2D eigenvalue weighted by molar-refractivity contribution is 0.578. The van der Waals surface area contributed by atoms with Gasteiger partial charge in [-0.1, -0.05) is 29.8 Å². The van der Waals surface area contributed by atoms with Crippen molar-refractivity contribution in [3.63, 3.8) is 0 Å². The Bertz CT molecular complexity index is 532. The summed E-state index contributed by atoms with van der Waals surface area (Å²) in [5.74, 6) is -1.40. The lowest BCUT2D eigenvalue weighted by atomic mass is 10.2. The first-order valence-corrected chi connectivity index (χ1v) is 5.72. The molecule has 0 heterocycles. The van der Waals surface area contributed by atoms with E-state index in [-0.39, 0.29) is 11.6 Å². The fourth-order valence-electron chi connectivity index (χ4n) is 1.50. The second-order valence-corrected chi connectivity index (χ2v) is 4.08. The molecule has 0 unspecified atom stereocenters. The molecule has 94 valence electrons. The molecule has 5 heteroatoms. The van der Waals surface area contributed by atoms with Crippen LogP contribution < -0.4 is 10.9 Å². The summed E-state index contributed by atoms with van der Waals surface area (Å²) >= 11 is 5.74. The van der Waals surface area contributed by atoms with Crippen LogP contribution in [0.3, 0.4) is 0 Å². The van der Waals surface area contributed by atoms with E-state index in [2.05, 4.69) is 10.9 Å². The first-order chi connectivity index (χ1) is 8.66. The zero-order valence-electron chi connectivity index (χ0n) is 9.38. The van der Waals surface area contributed by atoms with Crippen LogP contribution in [-0.2, 0) is 6.54 Å². The minimum Gasteiger partial charge on any atom is -0.321 e. The molecule has 2 aromatic carbocycles. The summed E-state index contributed by atoms with van der Waals surface area (Å²) in [5.41, 5.74) is 6.96. The zero-order chi connectivity index (χ0) is 13.0. The third-order valence-corrected chi connectivity index (χ3v) is 2.78. The first-order valence-electron chi connectivity index (χ1n) is 5.34. The topological polar surface area (TPSA) is 24.1 Å². The average Bonchev–Trinajstić information content (AvgIpc) is 2.36. The van der Waals surface area contributed by atoms with Crippen molar-refractivity contribution in [1.82, 2.24) is 5.43 Å². The summed E-state index contributed by atoms with van der Waals surface area (Å²) in [5, 5.41) is -0.0706. The fraction of sp³-hybridized carbons (Fsp3) is 0.0769. The van der Waals surface area contributed by atoms with E-state index in [1.165, 1.54) is 6.07 Å². The normalized spacial score (nSPS) is 10.4. The molecule has 0 amide bonds. The summed E-state index contributed by atoms with van der Waals surface area (Å²) in [6, 6.07) is 11.3. The van der Waals surface area contributed by atoms with Gasteiger partial charge < -0.3 is 5.43 Å². The van der Waals surface area contributed by atoms with E-state index in [9.17, 15) is 8.78 Å². The van der Waals surface area contributed by atoms with Gasteiger partial charge in [-0.25, -0.2) is 14.2 Å². The van der Waals surface area contributed by atoms with Gasteiger partial charge in [-0.3, -0.25) is 0 Å². The molecular weight excluding hydrogens is 258 g/mol. The SMILES string of the molecule is Fc1cc(F)c(Cl)c(CNNc2ccccc2)c1. The van der Waals surface area contributed by atoms with Crippen molar-refractivity contribution in [3.8, 4) is 0 Å². The van der Waals surface area contributed by atoms with E-state index in [1.807, 2.05) is 30.3 Å². The van der Waals surface area contributed by atoms with E-state index < -0.39 is 11.6 Å². The lowest BCUT2D eigenvalue weighted by Crippen LogP contribution is -2.21. The average molecular weight is 269 g/mol. The van der Waals surface area contributed by atoms with Crippen LogP contribution in [0.5, 0.6) is 0 Å². The molecule has 0 aliphatic heterocycles. The number of nitrogens with one attached hydrogen (secondary N) is 2. The van der Waals surface area contributed by atoms with E-state index in [1.54, 1.807) is 0 Å². The van der Waals surface area contributed by atoms with Gasteiger partial charge in [-0.2, -0.15) is 0 Å². The molecule has 0 fully saturated rings. The van der Waals surface area contributed by atoms with E-state index in [0.29, 0.717) is 5.56 Å². The Balaban J connectivity index is 1.99. The van der Waals surface area contributed by atoms with Gasteiger partial charge in [0.05, 0.1) is 5.02 Å². The van der Waals surface area contributed by atoms with Crippen molar-refractivity contribution in [2.75, 3.05) is 5.43 Å². The summed E-state index contributed by atoms with van der Waals surface area (Å²) in [4.78, 5) is 0. The van der Waals surface area contributed by atoms with Gasteiger partial charge >= 0.3 is 0 Å². The fourth-order valence-corrected chi connectivity index (χ4v) is 1.68. The Labute approximate surface area is 109 Å². The second-order valence-electron chi connectivity index (χ2n) is 3.71. The molecule has 0 bridgehead atoms. The molecule has 2 aromatic rings. The Kier molecular flexibility index (Phi) is 4.12. The van der Waals surface area contributed by atoms with Gasteiger partial charge in [0, 0.05) is 18.3 Å². The van der Waals surface area contributed by atoms with Gasteiger partial charge in [0.25, 0.3) is 0 Å². The largest absolute Gasteiger partial charge is 0.321 e. The van der Waals surface area contributed by atoms with Crippen LogP contribution in [0.1, 0.15) is 5.56 Å². The number of hydrogen-bond donors (Lipinski definition) is 2. The number of para-hydroxylation sites is 1. The minimum absolute atomic E-state index is 0.0706. The highest BCUT2D eigenvalue weighted by Crippen LogP contribution is 2.21. The van der Waals surface area contributed by atoms with Crippen molar-refractivity contribution in [3.05, 3.63) is 64.7 Å². The van der Waals surface area contributed by atoms with Crippen LogP contribution in [0.25, 0.3) is 0 Å². The Morgan fingerprint density at radius 3 is 2.50 bits per heavy atom. The Morgan fingerprint density at radius 2 is 1.78 bits per heavy atom. The molecule has 0 aliphatic rings. The maximum Gasteiger partial charge on any atom is 0.145 e. The standard InChI is InChI=1S/C13H11ClF2N2/c14-13-9(6-10(15)7-12(13)16)8-17-18-11-4-2-1-3-5-11/h1-7,17-18H,8H2. The molecule has 0 aromatic heterocycles. The molecule has 0 radical (unpaired) electrons. The van der Waals surface area contributed by atoms with Crippen molar-refractivity contribution in [2.45, 2.75) is 6.54 Å². The molecule has 0 aliphatic carbocycles. The number of anilines is 1. The van der Waals surface area contributed by atoms with Crippen LogP contribution in [0, 0.1) is 11.6 Å². The molecule has 0 spiro atoms. The highest BCUT2D eigenvalue weighted by atomic mass is 35.5. The summed E-state index contributed by atoms with van der Waals surface area (Å²) in [6.45, 7) is 0.211. The van der Waals surface area contributed by atoms with Crippen molar-refractivity contribution < 1.29 is 8.78 Å². The Morgan fingerprint density at radius 1 is 1.06 bits per heavy atom. The number of rotatable bonds is 4. The molecule has 2 N–H and O–H groups in total. The zero-order valence-corrected chi connectivity index (χ0v) is 10.1. The third-order valence-electron chi connectivity index (χ3n) is 2.35. The van der Waals surface area contributed by atoms with Crippen molar-refractivity contribution >= 4 is 17.3 Å².